The van der Waals surface area contributed by atoms with Gasteiger partial charge in [-0.3, -0.25) is 5.43 Å². The van der Waals surface area contributed by atoms with Gasteiger partial charge in [0.1, 0.15) is 0 Å². The van der Waals surface area contributed by atoms with Crippen LogP contribution in [0.5, 0.6) is 0 Å². The number of benzene rings is 1. The average Bonchev–Trinajstić information content (AvgIpc) is 3.35. The summed E-state index contributed by atoms with van der Waals surface area (Å²) >= 11 is 6.93. The number of thiophene rings is 1. The first-order valence-corrected chi connectivity index (χ1v) is 8.91. The van der Waals surface area contributed by atoms with E-state index in [-0.39, 0.29) is 12.0 Å². The van der Waals surface area contributed by atoms with Gasteiger partial charge in [0, 0.05) is 18.7 Å². The maximum atomic E-state index is 5.31. The zero-order valence-electron chi connectivity index (χ0n) is 12.7. The van der Waals surface area contributed by atoms with Crippen LogP contribution in [-0.2, 0) is 0 Å². The minimum Gasteiger partial charge on any atom is -0.257 e. The van der Waals surface area contributed by atoms with Crippen LogP contribution in [0.15, 0.2) is 52.9 Å². The highest BCUT2D eigenvalue weighted by Gasteiger charge is 2.26. The topological polar surface area (TPSA) is 70.0 Å². The molecule has 1 saturated heterocycles. The van der Waals surface area contributed by atoms with Crippen molar-refractivity contribution in [2.45, 2.75) is 6.04 Å². The van der Waals surface area contributed by atoms with Gasteiger partial charge in [0.05, 0.1) is 10.9 Å². The predicted octanol–water partition coefficient (Wildman–Crippen LogP) is 2.97. The van der Waals surface area contributed by atoms with Crippen LogP contribution in [0.25, 0.3) is 10.7 Å². The van der Waals surface area contributed by atoms with Gasteiger partial charge in [0.25, 0.3) is 0 Å². The maximum Gasteiger partial charge on any atom is 0.216 e. The molecule has 122 valence electrons. The number of H-pyrrole nitrogens is 1. The molecule has 2 unspecified atom stereocenters. The summed E-state index contributed by atoms with van der Waals surface area (Å²) in [6.07, 6.45) is 1.94. The van der Waals surface area contributed by atoms with Gasteiger partial charge in [-0.05, 0) is 29.2 Å². The second-order valence-electron chi connectivity index (χ2n) is 5.48. The Morgan fingerprint density at radius 2 is 2.12 bits per heavy atom. The van der Waals surface area contributed by atoms with Crippen molar-refractivity contribution in [1.29, 1.82) is 0 Å². The van der Waals surface area contributed by atoms with Crippen molar-refractivity contribution < 1.29 is 0 Å². The molecule has 2 aromatic heterocycles. The van der Waals surface area contributed by atoms with Crippen LogP contribution >= 0.6 is 23.6 Å². The highest BCUT2D eigenvalue weighted by molar-refractivity contribution is 7.71. The minimum atomic E-state index is 0.182. The van der Waals surface area contributed by atoms with Gasteiger partial charge >= 0.3 is 0 Å². The van der Waals surface area contributed by atoms with Crippen LogP contribution < -0.4 is 10.9 Å². The quantitative estimate of drug-likeness (QED) is 0.496. The van der Waals surface area contributed by atoms with Crippen molar-refractivity contribution in [2.75, 3.05) is 6.54 Å². The fourth-order valence-electron chi connectivity index (χ4n) is 2.76. The van der Waals surface area contributed by atoms with Crippen molar-refractivity contribution in [2.24, 2.45) is 11.0 Å². The molecule has 0 spiro atoms. The van der Waals surface area contributed by atoms with Crippen molar-refractivity contribution in [3.05, 3.63) is 58.2 Å². The number of nitrogens with zero attached hydrogens (tertiary/aromatic N) is 3. The lowest BCUT2D eigenvalue weighted by molar-refractivity contribution is 0.555. The van der Waals surface area contributed by atoms with Gasteiger partial charge < -0.3 is 0 Å². The van der Waals surface area contributed by atoms with E-state index in [4.69, 9.17) is 12.2 Å². The molecule has 2 atom stereocenters. The summed E-state index contributed by atoms with van der Waals surface area (Å²) in [5.41, 5.74) is 7.75. The van der Waals surface area contributed by atoms with Gasteiger partial charge in [-0.15, -0.1) is 11.3 Å². The summed E-state index contributed by atoms with van der Waals surface area (Å²) in [6.45, 7) is 0.808. The summed E-state index contributed by atoms with van der Waals surface area (Å²) in [6, 6.07) is 14.5. The van der Waals surface area contributed by atoms with E-state index in [9.17, 15) is 0 Å². The third-order valence-electron chi connectivity index (χ3n) is 3.95. The normalized spacial score (nSPS) is 20.8. The largest absolute Gasteiger partial charge is 0.257 e. The molecule has 0 radical (unpaired) electrons. The molecule has 0 saturated carbocycles. The van der Waals surface area contributed by atoms with Gasteiger partial charge in [0.2, 0.25) is 4.77 Å². The molecule has 1 fully saturated rings. The third kappa shape index (κ3) is 2.96. The summed E-state index contributed by atoms with van der Waals surface area (Å²) in [4.78, 5) is 1.03. The molecule has 0 aliphatic carbocycles. The highest BCUT2D eigenvalue weighted by Crippen LogP contribution is 2.25. The Kier molecular flexibility index (Phi) is 4.35. The Morgan fingerprint density at radius 3 is 2.92 bits per heavy atom. The number of hydrogen-bond acceptors (Lipinski definition) is 6. The first-order valence-electron chi connectivity index (χ1n) is 7.62. The second kappa shape index (κ2) is 6.78. The summed E-state index contributed by atoms with van der Waals surface area (Å²) in [5, 5.41) is 13.7. The number of aromatic amines is 1. The van der Waals surface area contributed by atoms with E-state index in [2.05, 4.69) is 38.3 Å². The van der Waals surface area contributed by atoms with E-state index in [1.54, 1.807) is 16.0 Å². The Labute approximate surface area is 148 Å². The maximum absolute atomic E-state index is 5.31. The molecule has 4 rings (SSSR count). The lowest BCUT2D eigenvalue weighted by Crippen LogP contribution is -2.25. The van der Waals surface area contributed by atoms with Gasteiger partial charge in [-0.25, -0.2) is 10.5 Å². The van der Waals surface area contributed by atoms with Crippen LogP contribution in [0.4, 0.5) is 0 Å². The molecule has 1 aliphatic rings. The SMILES string of the molecule is S=c1[nH]nc(-c2cccs2)n1/N=C/C1CNNC1c1ccccc1. The van der Waals surface area contributed by atoms with Crippen LogP contribution in [0, 0.1) is 10.7 Å². The number of nitrogens with one attached hydrogen (secondary N) is 3. The molecular weight excluding hydrogens is 340 g/mol. The van der Waals surface area contributed by atoms with Crippen LogP contribution in [0.1, 0.15) is 11.6 Å². The zero-order valence-corrected chi connectivity index (χ0v) is 14.3. The number of hydrazine groups is 1. The lowest BCUT2D eigenvalue weighted by Gasteiger charge is -2.14. The van der Waals surface area contributed by atoms with Gasteiger partial charge in [-0.1, -0.05) is 36.4 Å². The Bertz CT molecular complexity index is 881. The molecule has 1 aliphatic heterocycles. The van der Waals surface area contributed by atoms with Crippen LogP contribution in [-0.4, -0.2) is 27.6 Å². The molecule has 24 heavy (non-hydrogen) atoms. The monoisotopic (exact) mass is 356 g/mol. The van der Waals surface area contributed by atoms with E-state index >= 15 is 0 Å². The molecule has 1 aromatic carbocycles. The molecule has 6 nitrogen and oxygen atoms in total. The Morgan fingerprint density at radius 1 is 1.25 bits per heavy atom. The standard InChI is InChI=1S/C16H16N6S2/c23-16-21-20-15(13-7-4-8-24-13)22(16)18-10-12-9-17-19-14(12)11-5-2-1-3-6-11/h1-8,10,12,14,17,19H,9H2,(H,21,23)/b18-10+. The molecule has 3 N–H and O–H groups in total. The molecular formula is C16H16N6S2. The fraction of sp³-hybridized carbons (Fsp3) is 0.188. The fourth-order valence-corrected chi connectivity index (χ4v) is 3.64. The summed E-state index contributed by atoms with van der Waals surface area (Å²) in [7, 11) is 0. The van der Waals surface area contributed by atoms with Crippen LogP contribution in [0.3, 0.4) is 0 Å². The first kappa shape index (κ1) is 15.4. The number of hydrogen-bond donors (Lipinski definition) is 3. The highest BCUT2D eigenvalue weighted by atomic mass is 32.1. The van der Waals surface area contributed by atoms with Gasteiger partial charge in [-0.2, -0.15) is 14.9 Å². The predicted molar refractivity (Wildman–Crippen MR) is 98.4 cm³/mol. The Hall–Kier alpha value is -2.13. The van der Waals surface area contributed by atoms with Crippen molar-refractivity contribution in [1.82, 2.24) is 25.7 Å². The first-order chi connectivity index (χ1) is 11.8. The molecule has 8 heteroatoms. The van der Waals surface area contributed by atoms with E-state index in [0.717, 1.165) is 17.2 Å². The molecule has 3 aromatic rings. The number of aromatic nitrogens is 3. The average molecular weight is 356 g/mol. The van der Waals surface area contributed by atoms with Crippen LogP contribution in [0.2, 0.25) is 0 Å². The molecule has 0 bridgehead atoms. The molecule has 0 amide bonds. The van der Waals surface area contributed by atoms with Crippen molar-refractivity contribution >= 4 is 29.8 Å². The van der Waals surface area contributed by atoms with E-state index in [1.807, 2.05) is 41.9 Å². The van der Waals surface area contributed by atoms with Crippen molar-refractivity contribution in [3.8, 4) is 10.7 Å². The van der Waals surface area contributed by atoms with E-state index < -0.39 is 0 Å². The lowest BCUT2D eigenvalue weighted by atomic mass is 9.96. The van der Waals surface area contributed by atoms with Crippen molar-refractivity contribution in [3.63, 3.8) is 0 Å². The molecule has 3 heterocycles. The number of rotatable bonds is 4. The Balaban J connectivity index is 1.62. The van der Waals surface area contributed by atoms with Gasteiger partial charge in [0.15, 0.2) is 5.82 Å². The second-order valence-corrected chi connectivity index (χ2v) is 6.82. The van der Waals surface area contributed by atoms with E-state index in [1.165, 1.54) is 5.56 Å². The van der Waals surface area contributed by atoms with E-state index in [0.29, 0.717) is 4.77 Å². The summed E-state index contributed by atoms with van der Waals surface area (Å²) < 4.78 is 2.17. The zero-order chi connectivity index (χ0) is 16.4. The summed E-state index contributed by atoms with van der Waals surface area (Å²) in [5.74, 6) is 0.960. The minimum absolute atomic E-state index is 0.182. The third-order valence-corrected chi connectivity index (χ3v) is 5.08. The smallest absolute Gasteiger partial charge is 0.216 e.